The van der Waals surface area contributed by atoms with E-state index < -0.39 is 17.4 Å². The summed E-state index contributed by atoms with van der Waals surface area (Å²) in [5.74, 6) is -0.772. The summed E-state index contributed by atoms with van der Waals surface area (Å²) in [5.41, 5.74) is 1.48. The molecule has 0 atom stereocenters. The molecule has 7 heteroatoms. The van der Waals surface area contributed by atoms with Crippen molar-refractivity contribution in [2.24, 2.45) is 7.05 Å². The van der Waals surface area contributed by atoms with Gasteiger partial charge in [-0.15, -0.1) is 0 Å². The SMILES string of the molecule is CCCC/C(C)=C/C=C(\C)C(=O)c1c(O)cc(CCC/C=C/NC(=O)OC)n(C)c1=O. The highest BCUT2D eigenvalue weighted by atomic mass is 16.5. The number of amides is 1. The second kappa shape index (κ2) is 13.3. The van der Waals surface area contributed by atoms with E-state index in [1.807, 2.05) is 13.0 Å². The van der Waals surface area contributed by atoms with Crippen LogP contribution in [0.4, 0.5) is 4.79 Å². The number of rotatable bonds is 11. The fraction of sp³-hybridized carbons (Fsp3) is 0.458. The highest BCUT2D eigenvalue weighted by molar-refractivity contribution is 6.09. The third kappa shape index (κ3) is 8.28. The number of Topliss-reactive ketones (excluding diaryl/α,β-unsaturated/α-hetero) is 1. The summed E-state index contributed by atoms with van der Waals surface area (Å²) >= 11 is 0. The molecule has 0 saturated carbocycles. The topological polar surface area (TPSA) is 97.6 Å². The van der Waals surface area contributed by atoms with Gasteiger partial charge in [0.15, 0.2) is 5.78 Å². The number of allylic oxidation sites excluding steroid dienone is 5. The maximum atomic E-state index is 12.8. The standard InChI is InChI=1S/C24H34N2O5/c1-6-7-11-17(2)13-14-18(3)22(28)21-20(27)16-19(26(4)23(21)29)12-9-8-10-15-25-24(30)31-5/h10,13-16,27H,6-9,11-12H2,1-5H3,(H,25,30)/b15-10+,17-13+,18-14+. The Morgan fingerprint density at radius 3 is 2.58 bits per heavy atom. The number of alkyl carbamates (subject to hydrolysis) is 1. The monoisotopic (exact) mass is 430 g/mol. The minimum absolute atomic E-state index is 0.207. The van der Waals surface area contributed by atoms with Crippen LogP contribution in [0.5, 0.6) is 5.75 Å². The smallest absolute Gasteiger partial charge is 0.410 e. The molecular weight excluding hydrogens is 396 g/mol. The molecule has 0 aliphatic heterocycles. The lowest BCUT2D eigenvalue weighted by atomic mass is 10.0. The van der Waals surface area contributed by atoms with Crippen LogP contribution in [0.25, 0.3) is 0 Å². The zero-order valence-corrected chi connectivity index (χ0v) is 19.2. The number of methoxy groups -OCH3 is 1. The van der Waals surface area contributed by atoms with Gasteiger partial charge in [0.1, 0.15) is 11.3 Å². The Hall–Kier alpha value is -3.09. The molecule has 0 spiro atoms. The van der Waals surface area contributed by atoms with Crippen molar-refractivity contribution in [3.63, 3.8) is 0 Å². The molecule has 31 heavy (non-hydrogen) atoms. The third-order valence-electron chi connectivity index (χ3n) is 4.94. The van der Waals surface area contributed by atoms with E-state index in [1.165, 1.54) is 23.9 Å². The number of carbonyl (C=O) groups is 2. The Bertz CT molecular complexity index is 923. The van der Waals surface area contributed by atoms with Crippen molar-refractivity contribution in [3.05, 3.63) is 63.3 Å². The van der Waals surface area contributed by atoms with Crippen LogP contribution < -0.4 is 10.9 Å². The number of hydrogen-bond donors (Lipinski definition) is 2. The van der Waals surface area contributed by atoms with Gasteiger partial charge < -0.3 is 14.4 Å². The van der Waals surface area contributed by atoms with Crippen molar-refractivity contribution in [2.45, 2.75) is 59.3 Å². The molecule has 0 radical (unpaired) electrons. The summed E-state index contributed by atoms with van der Waals surface area (Å²) in [4.78, 5) is 36.5. The Morgan fingerprint density at radius 1 is 1.23 bits per heavy atom. The predicted molar refractivity (Wildman–Crippen MR) is 122 cm³/mol. The molecule has 1 rings (SSSR count). The Labute approximate surface area is 184 Å². The Balaban J connectivity index is 2.89. The molecule has 1 aromatic rings. The molecule has 0 fully saturated rings. The van der Waals surface area contributed by atoms with Gasteiger partial charge in [-0.25, -0.2) is 4.79 Å². The van der Waals surface area contributed by atoms with Crippen LogP contribution >= 0.6 is 0 Å². The molecule has 0 aliphatic rings. The van der Waals surface area contributed by atoms with Crippen molar-refractivity contribution < 1.29 is 19.4 Å². The highest BCUT2D eigenvalue weighted by Gasteiger charge is 2.20. The number of unbranched alkanes of at least 4 members (excludes halogenated alkanes) is 2. The third-order valence-corrected chi connectivity index (χ3v) is 4.94. The van der Waals surface area contributed by atoms with Crippen LogP contribution in [0.1, 0.15) is 68.9 Å². The highest BCUT2D eigenvalue weighted by Crippen LogP contribution is 2.20. The van der Waals surface area contributed by atoms with Gasteiger partial charge in [-0.1, -0.05) is 37.1 Å². The largest absolute Gasteiger partial charge is 0.507 e. The van der Waals surface area contributed by atoms with E-state index in [2.05, 4.69) is 17.0 Å². The van der Waals surface area contributed by atoms with Gasteiger partial charge >= 0.3 is 6.09 Å². The van der Waals surface area contributed by atoms with Crippen molar-refractivity contribution >= 4 is 11.9 Å². The second-order valence-corrected chi connectivity index (χ2v) is 7.49. The fourth-order valence-corrected chi connectivity index (χ4v) is 2.94. The van der Waals surface area contributed by atoms with Crippen LogP contribution in [-0.4, -0.2) is 28.7 Å². The lowest BCUT2D eigenvalue weighted by molar-refractivity contribution is 0.102. The van der Waals surface area contributed by atoms with Crippen molar-refractivity contribution in [2.75, 3.05) is 7.11 Å². The number of nitrogens with zero attached hydrogens (tertiary/aromatic N) is 1. The Morgan fingerprint density at radius 2 is 1.94 bits per heavy atom. The lowest BCUT2D eigenvalue weighted by Gasteiger charge is -2.12. The number of nitrogens with one attached hydrogen (secondary N) is 1. The molecule has 0 aliphatic carbocycles. The second-order valence-electron chi connectivity index (χ2n) is 7.49. The zero-order valence-electron chi connectivity index (χ0n) is 19.2. The van der Waals surface area contributed by atoms with Crippen LogP contribution in [0.2, 0.25) is 0 Å². The van der Waals surface area contributed by atoms with E-state index in [9.17, 15) is 19.5 Å². The molecule has 170 valence electrons. The zero-order chi connectivity index (χ0) is 23.4. The molecule has 1 heterocycles. The maximum absolute atomic E-state index is 12.8. The minimum Gasteiger partial charge on any atom is -0.507 e. The average Bonchev–Trinajstić information content (AvgIpc) is 2.75. The first kappa shape index (κ1) is 25.9. The lowest BCUT2D eigenvalue weighted by Crippen LogP contribution is -2.27. The van der Waals surface area contributed by atoms with Crippen LogP contribution in [-0.2, 0) is 18.2 Å². The summed E-state index contributed by atoms with van der Waals surface area (Å²) in [6, 6.07) is 1.47. The number of aryl methyl sites for hydroxylation is 1. The quantitative estimate of drug-likeness (QED) is 0.232. The molecule has 2 N–H and O–H groups in total. The first-order valence-electron chi connectivity index (χ1n) is 10.5. The summed E-state index contributed by atoms with van der Waals surface area (Å²) < 4.78 is 5.86. The number of aromatic nitrogens is 1. The van der Waals surface area contributed by atoms with Gasteiger partial charge in [-0.3, -0.25) is 14.9 Å². The van der Waals surface area contributed by atoms with E-state index in [1.54, 1.807) is 26.1 Å². The average molecular weight is 431 g/mol. The molecule has 0 bridgehead atoms. The van der Waals surface area contributed by atoms with Gasteiger partial charge in [-0.2, -0.15) is 0 Å². The van der Waals surface area contributed by atoms with Crippen molar-refractivity contribution in [1.82, 2.24) is 9.88 Å². The molecule has 0 saturated heterocycles. The summed E-state index contributed by atoms with van der Waals surface area (Å²) in [7, 11) is 2.88. The number of ketones is 1. The van der Waals surface area contributed by atoms with Crippen LogP contribution in [0.15, 0.2) is 46.4 Å². The molecule has 0 aromatic carbocycles. The number of aromatic hydroxyl groups is 1. The van der Waals surface area contributed by atoms with E-state index in [0.717, 1.165) is 24.8 Å². The van der Waals surface area contributed by atoms with Crippen molar-refractivity contribution in [1.29, 1.82) is 0 Å². The molecular formula is C24H34N2O5. The van der Waals surface area contributed by atoms with Crippen LogP contribution in [0, 0.1) is 0 Å². The number of ether oxygens (including phenoxy) is 1. The van der Waals surface area contributed by atoms with Gasteiger partial charge in [0.2, 0.25) is 0 Å². The van der Waals surface area contributed by atoms with Gasteiger partial charge in [0.05, 0.1) is 7.11 Å². The number of hydrogen-bond acceptors (Lipinski definition) is 5. The van der Waals surface area contributed by atoms with Gasteiger partial charge in [0, 0.05) is 25.0 Å². The molecule has 0 unspecified atom stereocenters. The predicted octanol–water partition coefficient (Wildman–Crippen LogP) is 4.55. The molecule has 1 amide bonds. The summed E-state index contributed by atoms with van der Waals surface area (Å²) in [6.07, 6.45) is 11.4. The van der Waals surface area contributed by atoms with Crippen LogP contribution in [0.3, 0.4) is 0 Å². The first-order valence-corrected chi connectivity index (χ1v) is 10.5. The number of pyridine rings is 1. The van der Waals surface area contributed by atoms with E-state index in [4.69, 9.17) is 0 Å². The normalized spacial score (nSPS) is 12.3. The fourth-order valence-electron chi connectivity index (χ4n) is 2.94. The maximum Gasteiger partial charge on any atom is 0.410 e. The van der Waals surface area contributed by atoms with Gasteiger partial charge in [0.25, 0.3) is 5.56 Å². The Kier molecular flexibility index (Phi) is 11.1. The van der Waals surface area contributed by atoms with E-state index in [-0.39, 0.29) is 11.3 Å². The molecule has 7 nitrogen and oxygen atoms in total. The minimum atomic E-state index is -0.542. The van der Waals surface area contributed by atoms with E-state index in [0.29, 0.717) is 30.5 Å². The first-order chi connectivity index (χ1) is 14.7. The van der Waals surface area contributed by atoms with Crippen molar-refractivity contribution in [3.8, 4) is 5.75 Å². The molecule has 1 aromatic heterocycles. The van der Waals surface area contributed by atoms with Gasteiger partial charge in [-0.05, 0) is 51.5 Å². The van der Waals surface area contributed by atoms with E-state index >= 15 is 0 Å². The summed E-state index contributed by atoms with van der Waals surface area (Å²) in [5, 5.41) is 12.8. The number of carbonyl (C=O) groups excluding carboxylic acids is 2. The summed E-state index contributed by atoms with van der Waals surface area (Å²) in [6.45, 7) is 5.78.